The lowest BCUT2D eigenvalue weighted by molar-refractivity contribution is -0.116. The molecule has 4 rings (SSSR count). The fourth-order valence-electron chi connectivity index (χ4n) is 3.25. The lowest BCUT2D eigenvalue weighted by atomic mass is 10.1. The molecule has 5 nitrogen and oxygen atoms in total. The number of anilines is 1. The molecule has 0 aliphatic rings. The summed E-state index contributed by atoms with van der Waals surface area (Å²) in [5, 5.41) is 5.37. The summed E-state index contributed by atoms with van der Waals surface area (Å²) in [5.41, 5.74) is 4.65. The first-order valence-electron chi connectivity index (χ1n) is 9.47. The smallest absolute Gasteiger partial charge is 0.263 e. The monoisotopic (exact) mass is 403 g/mol. The minimum Gasteiger partial charge on any atom is -0.325 e. The summed E-state index contributed by atoms with van der Waals surface area (Å²) in [6.45, 7) is 4.01. The standard InChI is InChI=1S/C23H21N3O2S/c1-3-16-5-4-6-18(11-16)25-20(27)12-26-14-24-22-21(23(26)28)19(13-29-22)17-9-7-15(2)8-10-17/h4-11,13-14H,3,12H2,1-2H3,(H,25,27). The highest BCUT2D eigenvalue weighted by Crippen LogP contribution is 2.30. The summed E-state index contributed by atoms with van der Waals surface area (Å²) in [7, 11) is 0. The van der Waals surface area contributed by atoms with Crippen LogP contribution in [0.1, 0.15) is 18.1 Å². The Morgan fingerprint density at radius 3 is 2.72 bits per heavy atom. The molecule has 0 saturated carbocycles. The van der Waals surface area contributed by atoms with Crippen LogP contribution in [0.4, 0.5) is 5.69 Å². The summed E-state index contributed by atoms with van der Waals surface area (Å²) in [6, 6.07) is 15.8. The molecule has 4 aromatic rings. The summed E-state index contributed by atoms with van der Waals surface area (Å²) in [6.07, 6.45) is 2.34. The zero-order chi connectivity index (χ0) is 20.4. The number of aryl methyl sites for hydroxylation is 2. The van der Waals surface area contributed by atoms with Crippen molar-refractivity contribution >= 4 is 33.1 Å². The molecule has 0 aliphatic heterocycles. The van der Waals surface area contributed by atoms with Crippen molar-refractivity contribution in [1.82, 2.24) is 9.55 Å². The molecule has 0 atom stereocenters. The Kier molecular flexibility index (Phi) is 5.27. The molecule has 1 N–H and O–H groups in total. The first-order chi connectivity index (χ1) is 14.0. The molecule has 6 heteroatoms. The number of hydrogen-bond donors (Lipinski definition) is 1. The van der Waals surface area contributed by atoms with E-state index in [0.29, 0.717) is 10.2 Å². The fourth-order valence-corrected chi connectivity index (χ4v) is 4.16. The number of benzene rings is 2. The van der Waals surface area contributed by atoms with Crippen LogP contribution in [0, 0.1) is 6.92 Å². The topological polar surface area (TPSA) is 64.0 Å². The molecule has 29 heavy (non-hydrogen) atoms. The zero-order valence-corrected chi connectivity index (χ0v) is 17.1. The van der Waals surface area contributed by atoms with Gasteiger partial charge in [0.2, 0.25) is 5.91 Å². The number of nitrogens with one attached hydrogen (secondary N) is 1. The van der Waals surface area contributed by atoms with Gasteiger partial charge >= 0.3 is 0 Å². The average Bonchev–Trinajstić information content (AvgIpc) is 3.16. The van der Waals surface area contributed by atoms with Crippen LogP contribution in [-0.4, -0.2) is 15.5 Å². The molecule has 0 radical (unpaired) electrons. The predicted octanol–water partition coefficient (Wildman–Crippen LogP) is 4.63. The number of aromatic nitrogens is 2. The van der Waals surface area contributed by atoms with Gasteiger partial charge in [0.05, 0.1) is 11.7 Å². The summed E-state index contributed by atoms with van der Waals surface area (Å²) in [4.78, 5) is 30.7. The highest BCUT2D eigenvalue weighted by atomic mass is 32.1. The number of fused-ring (bicyclic) bond motifs is 1. The minimum atomic E-state index is -0.256. The molecule has 0 saturated heterocycles. The van der Waals surface area contributed by atoms with Crippen LogP contribution in [0.3, 0.4) is 0 Å². The molecule has 2 heterocycles. The molecule has 0 aliphatic carbocycles. The predicted molar refractivity (Wildman–Crippen MR) is 119 cm³/mol. The van der Waals surface area contributed by atoms with Crippen LogP contribution in [0.5, 0.6) is 0 Å². The van der Waals surface area contributed by atoms with Crippen molar-refractivity contribution in [1.29, 1.82) is 0 Å². The molecule has 2 aromatic carbocycles. The Labute approximate surface area is 172 Å². The van der Waals surface area contributed by atoms with E-state index in [1.165, 1.54) is 22.2 Å². The lowest BCUT2D eigenvalue weighted by Crippen LogP contribution is -2.27. The Bertz CT molecular complexity index is 1240. The van der Waals surface area contributed by atoms with Gasteiger partial charge in [-0.2, -0.15) is 0 Å². The molecule has 0 bridgehead atoms. The van der Waals surface area contributed by atoms with Crippen LogP contribution in [0.2, 0.25) is 0 Å². The van der Waals surface area contributed by atoms with Crippen molar-refractivity contribution in [3.05, 3.63) is 81.7 Å². The van der Waals surface area contributed by atoms with Gasteiger partial charge in [-0.3, -0.25) is 14.2 Å². The van der Waals surface area contributed by atoms with Crippen molar-refractivity contribution in [2.24, 2.45) is 0 Å². The van der Waals surface area contributed by atoms with E-state index in [2.05, 4.69) is 17.2 Å². The van der Waals surface area contributed by atoms with Gasteiger partial charge in [-0.05, 0) is 36.6 Å². The van der Waals surface area contributed by atoms with Crippen LogP contribution in [-0.2, 0) is 17.8 Å². The molecule has 0 spiro atoms. The van der Waals surface area contributed by atoms with Crippen LogP contribution in [0.15, 0.2) is 65.0 Å². The summed E-state index contributed by atoms with van der Waals surface area (Å²) >= 11 is 1.44. The molecule has 1 amide bonds. The van der Waals surface area contributed by atoms with Crippen molar-refractivity contribution in [2.45, 2.75) is 26.8 Å². The van der Waals surface area contributed by atoms with Crippen molar-refractivity contribution in [2.75, 3.05) is 5.32 Å². The van der Waals surface area contributed by atoms with Crippen molar-refractivity contribution in [3.8, 4) is 11.1 Å². The third kappa shape index (κ3) is 3.98. The van der Waals surface area contributed by atoms with Gasteiger partial charge in [0.15, 0.2) is 0 Å². The summed E-state index contributed by atoms with van der Waals surface area (Å²) in [5.74, 6) is -0.256. The van der Waals surface area contributed by atoms with Crippen LogP contribution >= 0.6 is 11.3 Å². The number of hydrogen-bond acceptors (Lipinski definition) is 4. The number of nitrogens with zero attached hydrogens (tertiary/aromatic N) is 2. The van der Waals surface area contributed by atoms with Gasteiger partial charge in [-0.1, -0.05) is 48.9 Å². The fraction of sp³-hybridized carbons (Fsp3) is 0.174. The van der Waals surface area contributed by atoms with Gasteiger partial charge in [0, 0.05) is 16.6 Å². The van der Waals surface area contributed by atoms with E-state index in [0.717, 1.165) is 34.4 Å². The SMILES string of the molecule is CCc1cccc(NC(=O)Cn2cnc3scc(-c4ccc(C)cc4)c3c2=O)c1. The maximum absolute atomic E-state index is 13.1. The number of carbonyl (C=O) groups excluding carboxylic acids is 1. The Morgan fingerprint density at radius 2 is 1.97 bits per heavy atom. The van der Waals surface area contributed by atoms with Gasteiger partial charge in [-0.25, -0.2) is 4.98 Å². The molecular weight excluding hydrogens is 382 g/mol. The summed E-state index contributed by atoms with van der Waals surface area (Å²) < 4.78 is 1.37. The molecule has 0 fully saturated rings. The van der Waals surface area contributed by atoms with E-state index in [-0.39, 0.29) is 18.0 Å². The normalized spacial score (nSPS) is 11.0. The highest BCUT2D eigenvalue weighted by Gasteiger charge is 2.15. The Balaban J connectivity index is 1.63. The third-order valence-corrected chi connectivity index (χ3v) is 5.74. The molecule has 146 valence electrons. The number of amides is 1. The van der Waals surface area contributed by atoms with E-state index in [9.17, 15) is 9.59 Å². The quantitative estimate of drug-likeness (QED) is 0.528. The lowest BCUT2D eigenvalue weighted by Gasteiger charge is -2.09. The Morgan fingerprint density at radius 1 is 1.17 bits per heavy atom. The second kappa shape index (κ2) is 8.01. The van der Waals surface area contributed by atoms with E-state index >= 15 is 0 Å². The molecular formula is C23H21N3O2S. The van der Waals surface area contributed by atoms with Crippen LogP contribution in [0.25, 0.3) is 21.3 Å². The van der Waals surface area contributed by atoms with Crippen LogP contribution < -0.4 is 10.9 Å². The molecule has 2 aromatic heterocycles. The minimum absolute atomic E-state index is 0.0820. The maximum Gasteiger partial charge on any atom is 0.263 e. The van der Waals surface area contributed by atoms with E-state index in [1.807, 2.05) is 60.8 Å². The largest absolute Gasteiger partial charge is 0.325 e. The molecule has 0 unspecified atom stereocenters. The second-order valence-corrected chi connectivity index (χ2v) is 7.83. The first kappa shape index (κ1) is 19.1. The number of carbonyl (C=O) groups is 1. The van der Waals surface area contributed by atoms with Gasteiger partial charge < -0.3 is 5.32 Å². The average molecular weight is 404 g/mol. The maximum atomic E-state index is 13.1. The first-order valence-corrected chi connectivity index (χ1v) is 10.4. The number of thiophene rings is 1. The third-order valence-electron chi connectivity index (χ3n) is 4.86. The van der Waals surface area contributed by atoms with Gasteiger partial charge in [0.25, 0.3) is 5.56 Å². The Hall–Kier alpha value is -3.25. The van der Waals surface area contributed by atoms with Crippen molar-refractivity contribution in [3.63, 3.8) is 0 Å². The van der Waals surface area contributed by atoms with E-state index in [1.54, 1.807) is 0 Å². The zero-order valence-electron chi connectivity index (χ0n) is 16.3. The second-order valence-electron chi connectivity index (χ2n) is 6.98. The number of rotatable bonds is 5. The van der Waals surface area contributed by atoms with E-state index < -0.39 is 0 Å². The van der Waals surface area contributed by atoms with Gasteiger partial charge in [-0.15, -0.1) is 11.3 Å². The van der Waals surface area contributed by atoms with E-state index in [4.69, 9.17) is 0 Å². The van der Waals surface area contributed by atoms with Gasteiger partial charge in [0.1, 0.15) is 11.4 Å². The highest BCUT2D eigenvalue weighted by molar-refractivity contribution is 7.17. The van der Waals surface area contributed by atoms with Crippen molar-refractivity contribution < 1.29 is 4.79 Å².